The van der Waals surface area contributed by atoms with Crippen LogP contribution in [0.4, 0.5) is 0 Å². The van der Waals surface area contributed by atoms with Gasteiger partial charge in [0.15, 0.2) is 6.54 Å². The summed E-state index contributed by atoms with van der Waals surface area (Å²) in [6.07, 6.45) is 0. The van der Waals surface area contributed by atoms with E-state index in [2.05, 4.69) is 32.2 Å². The van der Waals surface area contributed by atoms with E-state index in [0.29, 0.717) is 0 Å². The van der Waals surface area contributed by atoms with Gasteiger partial charge in [-0.05, 0) is 20.8 Å². The Morgan fingerprint density at radius 1 is 1.29 bits per heavy atom. The third kappa shape index (κ3) is 2.63. The highest BCUT2D eigenvalue weighted by atomic mass is 15.1. The summed E-state index contributed by atoms with van der Waals surface area (Å²) in [5.41, 5.74) is 0. The molecule has 0 rings (SSSR count). The summed E-state index contributed by atoms with van der Waals surface area (Å²) in [6, 6.07) is 0. The minimum Gasteiger partial charge on any atom is -0.162 e. The smallest absolute Gasteiger partial charge is 0.162 e. The molecule has 7 heavy (non-hydrogen) atoms. The third-order valence-corrected chi connectivity index (χ3v) is 1.18. The zero-order valence-corrected chi connectivity index (χ0v) is 5.44. The standard InChI is InChI=1S/C6H14N/c1-4-7(5-2)6-3/h4H,5-6H2,1-3H3/q+1. The number of nitrogens with zero attached hydrogens (tertiary/aromatic N) is 1. The average Bonchev–Trinajstić information content (AvgIpc) is 1.72. The molecule has 0 aromatic rings. The van der Waals surface area contributed by atoms with Crippen LogP contribution >= 0.6 is 0 Å². The van der Waals surface area contributed by atoms with Gasteiger partial charge >= 0.3 is 0 Å². The van der Waals surface area contributed by atoms with Crippen molar-refractivity contribution in [1.29, 1.82) is 0 Å². The van der Waals surface area contributed by atoms with Crippen LogP contribution in [0.25, 0.3) is 0 Å². The summed E-state index contributed by atoms with van der Waals surface area (Å²) < 4.78 is 0. The molecule has 1 nitrogen and oxygen atoms in total. The van der Waals surface area contributed by atoms with Crippen molar-refractivity contribution in [2.45, 2.75) is 20.8 Å². The van der Waals surface area contributed by atoms with Crippen LogP contribution in [0, 0.1) is 6.54 Å². The summed E-state index contributed by atoms with van der Waals surface area (Å²) in [5.74, 6) is 0. The van der Waals surface area contributed by atoms with Gasteiger partial charge in [-0.15, -0.1) is 0 Å². The Hall–Kier alpha value is -0.0400. The summed E-state index contributed by atoms with van der Waals surface area (Å²) in [5, 5.41) is 0. The predicted molar refractivity (Wildman–Crippen MR) is 33.2 cm³/mol. The molecule has 0 aliphatic heterocycles. The Kier molecular flexibility index (Phi) is 4.10. The maximum Gasteiger partial charge on any atom is 0.185 e. The van der Waals surface area contributed by atoms with Crippen LogP contribution in [-0.2, 0) is 0 Å². The molecule has 0 aliphatic carbocycles. The van der Waals surface area contributed by atoms with Gasteiger partial charge in [0.2, 0.25) is 0 Å². The first-order valence-corrected chi connectivity index (χ1v) is 2.88. The first-order chi connectivity index (χ1) is 3.35. The fourth-order valence-corrected chi connectivity index (χ4v) is 0.589. The molecule has 0 bridgehead atoms. The van der Waals surface area contributed by atoms with Crippen LogP contribution in [0.2, 0.25) is 0 Å². The van der Waals surface area contributed by atoms with Crippen LogP contribution < -0.4 is 4.90 Å². The van der Waals surface area contributed by atoms with E-state index in [-0.39, 0.29) is 0 Å². The summed E-state index contributed by atoms with van der Waals surface area (Å²) >= 11 is 0. The monoisotopic (exact) mass is 100 g/mol. The lowest BCUT2D eigenvalue weighted by atomic mass is 10.5. The Morgan fingerprint density at radius 2 is 1.71 bits per heavy atom. The second-order valence-corrected chi connectivity index (χ2v) is 1.48. The minimum absolute atomic E-state index is 1.13. The summed E-state index contributed by atoms with van der Waals surface area (Å²) in [6.45, 7) is 10.8. The van der Waals surface area contributed by atoms with Gasteiger partial charge in [0, 0.05) is 0 Å². The number of hydrogen-bond donors (Lipinski definition) is 0. The van der Waals surface area contributed by atoms with Crippen LogP contribution in [0.5, 0.6) is 0 Å². The maximum atomic E-state index is 2.25. The van der Waals surface area contributed by atoms with E-state index in [4.69, 9.17) is 0 Å². The Bertz CT molecular complexity index is 25.7. The van der Waals surface area contributed by atoms with Crippen molar-refractivity contribution in [1.82, 2.24) is 4.90 Å². The van der Waals surface area contributed by atoms with E-state index in [1.165, 1.54) is 0 Å². The molecule has 0 heterocycles. The van der Waals surface area contributed by atoms with Gasteiger partial charge in [-0.25, -0.2) is 0 Å². The van der Waals surface area contributed by atoms with Gasteiger partial charge in [-0.2, -0.15) is 4.90 Å². The Morgan fingerprint density at radius 3 is 1.71 bits per heavy atom. The lowest BCUT2D eigenvalue weighted by Crippen LogP contribution is -2.24. The zero-order valence-electron chi connectivity index (χ0n) is 5.44. The fourth-order valence-electron chi connectivity index (χ4n) is 0.589. The van der Waals surface area contributed by atoms with E-state index in [0.717, 1.165) is 13.1 Å². The van der Waals surface area contributed by atoms with Crippen molar-refractivity contribution >= 4 is 0 Å². The van der Waals surface area contributed by atoms with Crippen LogP contribution in [0.15, 0.2) is 0 Å². The normalized spacial score (nSPS) is 10.3. The summed E-state index contributed by atoms with van der Waals surface area (Å²) in [4.78, 5) is 2.25. The molecular weight excluding hydrogens is 86.1 g/mol. The Balaban J connectivity index is 2.99. The second kappa shape index (κ2) is 4.13. The van der Waals surface area contributed by atoms with Gasteiger partial charge in [0.05, 0.1) is 0 Å². The SMILES string of the molecule is C[CH][N+](CC)CC. The second-order valence-electron chi connectivity index (χ2n) is 1.48. The molecule has 0 saturated carbocycles. The molecule has 0 unspecified atom stereocenters. The van der Waals surface area contributed by atoms with Crippen LogP contribution in [-0.4, -0.2) is 13.1 Å². The van der Waals surface area contributed by atoms with Gasteiger partial charge in [-0.1, -0.05) is 0 Å². The predicted octanol–water partition coefficient (Wildman–Crippen LogP) is 1.35. The molecule has 0 fully saturated rings. The van der Waals surface area contributed by atoms with Gasteiger partial charge < -0.3 is 0 Å². The third-order valence-electron chi connectivity index (χ3n) is 1.18. The molecular formula is C6H14N+. The lowest BCUT2D eigenvalue weighted by Gasteiger charge is -2.00. The van der Waals surface area contributed by atoms with Gasteiger partial charge in [-0.3, -0.25) is 0 Å². The topological polar surface area (TPSA) is 5.90 Å². The molecule has 0 aliphatic rings. The Labute approximate surface area is 46.3 Å². The first-order valence-electron chi connectivity index (χ1n) is 2.88. The number of hydrogen-bond acceptors (Lipinski definition) is 1. The van der Waals surface area contributed by atoms with Crippen molar-refractivity contribution in [3.05, 3.63) is 6.54 Å². The molecule has 0 spiro atoms. The quantitative estimate of drug-likeness (QED) is 0.472. The molecule has 2 radical (unpaired) electrons. The van der Waals surface area contributed by atoms with E-state index in [1.54, 1.807) is 0 Å². The van der Waals surface area contributed by atoms with Crippen molar-refractivity contribution in [2.24, 2.45) is 0 Å². The van der Waals surface area contributed by atoms with Crippen molar-refractivity contribution in [2.75, 3.05) is 13.1 Å². The van der Waals surface area contributed by atoms with Crippen molar-refractivity contribution in [3.63, 3.8) is 0 Å². The lowest BCUT2D eigenvalue weighted by molar-refractivity contribution is 0.524. The fraction of sp³-hybridized carbons (Fsp3) is 0.833. The van der Waals surface area contributed by atoms with E-state index in [9.17, 15) is 0 Å². The van der Waals surface area contributed by atoms with Crippen molar-refractivity contribution < 1.29 is 0 Å². The largest absolute Gasteiger partial charge is 0.185 e. The van der Waals surface area contributed by atoms with E-state index < -0.39 is 0 Å². The number of rotatable bonds is 3. The van der Waals surface area contributed by atoms with Gasteiger partial charge in [0.1, 0.15) is 13.1 Å². The highest BCUT2D eigenvalue weighted by Gasteiger charge is 2.02. The average molecular weight is 100 g/mol. The molecule has 0 aromatic heterocycles. The molecule has 42 valence electrons. The van der Waals surface area contributed by atoms with Crippen LogP contribution in [0.1, 0.15) is 20.8 Å². The molecule has 0 saturated heterocycles. The van der Waals surface area contributed by atoms with E-state index >= 15 is 0 Å². The molecule has 0 aromatic carbocycles. The summed E-state index contributed by atoms with van der Waals surface area (Å²) in [7, 11) is 0. The molecule has 0 amide bonds. The first kappa shape index (κ1) is 6.96. The highest BCUT2D eigenvalue weighted by molar-refractivity contribution is 4.64. The van der Waals surface area contributed by atoms with E-state index in [1.807, 2.05) is 0 Å². The van der Waals surface area contributed by atoms with Gasteiger partial charge in [0.25, 0.3) is 0 Å². The molecule has 1 heteroatoms. The maximum absolute atomic E-state index is 2.25. The molecule has 0 N–H and O–H groups in total. The minimum atomic E-state index is 1.13. The van der Waals surface area contributed by atoms with Crippen LogP contribution in [0.3, 0.4) is 0 Å². The van der Waals surface area contributed by atoms with Crippen molar-refractivity contribution in [3.8, 4) is 0 Å². The highest BCUT2D eigenvalue weighted by Crippen LogP contribution is 1.82. The zero-order chi connectivity index (χ0) is 5.70. The molecule has 0 atom stereocenters.